The molecule has 26 heavy (non-hydrogen) atoms. The van der Waals surface area contributed by atoms with Gasteiger partial charge in [0.15, 0.2) is 0 Å². The van der Waals surface area contributed by atoms with Gasteiger partial charge >= 0.3 is 5.97 Å². The van der Waals surface area contributed by atoms with E-state index in [1.807, 2.05) is 26.0 Å². The Morgan fingerprint density at radius 3 is 2.35 bits per heavy atom. The van der Waals surface area contributed by atoms with Crippen molar-refractivity contribution in [1.82, 2.24) is 4.31 Å². The van der Waals surface area contributed by atoms with Crippen LogP contribution in [0, 0.1) is 13.8 Å². The number of aryl methyl sites for hydroxylation is 2. The third kappa shape index (κ3) is 4.26. The number of esters is 1. The Bertz CT molecular complexity index is 939. The highest BCUT2D eigenvalue weighted by molar-refractivity contribution is 7.89. The maximum atomic E-state index is 12.6. The average Bonchev–Trinajstić information content (AvgIpc) is 2.56. The molecule has 0 saturated heterocycles. The SMILES string of the molecule is Cc1ccc(OC(=O)c2cc(S(=O)(=O)N(C)C(C)C)ccc2Cl)c(C)c1. The average molecular weight is 396 g/mol. The smallest absolute Gasteiger partial charge is 0.345 e. The van der Waals surface area contributed by atoms with E-state index in [-0.39, 0.29) is 21.5 Å². The van der Waals surface area contributed by atoms with E-state index in [0.29, 0.717) is 5.75 Å². The van der Waals surface area contributed by atoms with Crippen LogP contribution in [0.5, 0.6) is 5.75 Å². The lowest BCUT2D eigenvalue weighted by molar-refractivity contribution is 0.0733. The molecule has 0 amide bonds. The number of carbonyl (C=O) groups is 1. The van der Waals surface area contributed by atoms with E-state index in [2.05, 4.69) is 0 Å². The zero-order valence-electron chi connectivity index (χ0n) is 15.4. The monoisotopic (exact) mass is 395 g/mol. The van der Waals surface area contributed by atoms with Crippen LogP contribution in [0.3, 0.4) is 0 Å². The van der Waals surface area contributed by atoms with Crippen LogP contribution < -0.4 is 4.74 Å². The number of benzene rings is 2. The standard InChI is InChI=1S/C19H22ClNO4S/c1-12(2)21(5)26(23,24)15-7-8-17(20)16(11-15)19(22)25-18-9-6-13(3)10-14(18)4/h6-12H,1-5H3. The zero-order chi connectivity index (χ0) is 19.6. The lowest BCUT2D eigenvalue weighted by Crippen LogP contribution is -2.33. The third-order valence-electron chi connectivity index (χ3n) is 4.10. The third-order valence-corrected chi connectivity index (χ3v) is 6.45. The van der Waals surface area contributed by atoms with Gasteiger partial charge in [0.05, 0.1) is 15.5 Å². The highest BCUT2D eigenvalue weighted by Crippen LogP contribution is 2.26. The molecule has 0 heterocycles. The molecule has 0 saturated carbocycles. The topological polar surface area (TPSA) is 63.7 Å². The number of ether oxygens (including phenoxy) is 1. The summed E-state index contributed by atoms with van der Waals surface area (Å²) in [7, 11) is -2.24. The Labute approximate surface area is 159 Å². The maximum absolute atomic E-state index is 12.6. The fourth-order valence-electron chi connectivity index (χ4n) is 2.33. The Balaban J connectivity index is 2.39. The van der Waals surface area contributed by atoms with Crippen molar-refractivity contribution in [3.05, 3.63) is 58.1 Å². The van der Waals surface area contributed by atoms with Crippen molar-refractivity contribution in [2.24, 2.45) is 0 Å². The molecule has 0 unspecified atom stereocenters. The minimum Gasteiger partial charge on any atom is -0.423 e. The van der Waals surface area contributed by atoms with Gasteiger partial charge in [0.25, 0.3) is 0 Å². The number of hydrogen-bond donors (Lipinski definition) is 0. The molecule has 0 aliphatic heterocycles. The summed E-state index contributed by atoms with van der Waals surface area (Å²) in [4.78, 5) is 12.5. The largest absolute Gasteiger partial charge is 0.423 e. The predicted octanol–water partition coefficient (Wildman–Crippen LogP) is 4.20. The molecule has 5 nitrogen and oxygen atoms in total. The fourth-order valence-corrected chi connectivity index (χ4v) is 3.92. The van der Waals surface area contributed by atoms with E-state index in [0.717, 1.165) is 11.1 Å². The number of carbonyl (C=O) groups excluding carboxylic acids is 1. The summed E-state index contributed by atoms with van der Waals surface area (Å²) in [6.07, 6.45) is 0. The minimum absolute atomic E-state index is 0.00451. The molecule has 0 atom stereocenters. The molecule has 0 fully saturated rings. The summed E-state index contributed by atoms with van der Waals surface area (Å²) in [6, 6.07) is 9.22. The number of nitrogens with zero attached hydrogens (tertiary/aromatic N) is 1. The molecule has 0 aliphatic carbocycles. The molecule has 0 aromatic heterocycles. The first-order valence-electron chi connectivity index (χ1n) is 8.11. The summed E-state index contributed by atoms with van der Waals surface area (Å²) in [5.41, 5.74) is 1.85. The fraction of sp³-hybridized carbons (Fsp3) is 0.316. The van der Waals surface area contributed by atoms with Crippen molar-refractivity contribution in [2.75, 3.05) is 7.05 Å². The van der Waals surface area contributed by atoms with Crippen LogP contribution in [0.15, 0.2) is 41.3 Å². The van der Waals surface area contributed by atoms with E-state index in [1.165, 1.54) is 29.6 Å². The van der Waals surface area contributed by atoms with Crippen LogP contribution >= 0.6 is 11.6 Å². The van der Waals surface area contributed by atoms with Crippen molar-refractivity contribution in [1.29, 1.82) is 0 Å². The molecule has 0 radical (unpaired) electrons. The van der Waals surface area contributed by atoms with Gasteiger partial charge in [-0.05, 0) is 57.5 Å². The molecule has 2 rings (SSSR count). The van der Waals surface area contributed by atoms with Crippen LogP contribution in [0.1, 0.15) is 35.3 Å². The summed E-state index contributed by atoms with van der Waals surface area (Å²) in [5, 5.41) is 0.130. The normalized spacial score (nSPS) is 11.8. The minimum atomic E-state index is -3.73. The summed E-state index contributed by atoms with van der Waals surface area (Å²) in [5.74, 6) is -0.296. The van der Waals surface area contributed by atoms with Crippen molar-refractivity contribution in [2.45, 2.75) is 38.6 Å². The van der Waals surface area contributed by atoms with Gasteiger partial charge in [-0.2, -0.15) is 4.31 Å². The van der Waals surface area contributed by atoms with Gasteiger partial charge in [-0.15, -0.1) is 0 Å². The Morgan fingerprint density at radius 1 is 1.12 bits per heavy atom. The Hall–Kier alpha value is -1.89. The molecular formula is C19H22ClNO4S. The van der Waals surface area contributed by atoms with E-state index >= 15 is 0 Å². The van der Waals surface area contributed by atoms with Crippen LogP contribution in [0.2, 0.25) is 5.02 Å². The van der Waals surface area contributed by atoms with Crippen molar-refractivity contribution in [3.63, 3.8) is 0 Å². The van der Waals surface area contributed by atoms with Crippen LogP contribution in [-0.4, -0.2) is 31.8 Å². The van der Waals surface area contributed by atoms with E-state index in [4.69, 9.17) is 16.3 Å². The summed E-state index contributed by atoms with van der Waals surface area (Å²) >= 11 is 6.11. The quantitative estimate of drug-likeness (QED) is 0.562. The molecule has 140 valence electrons. The summed E-state index contributed by atoms with van der Waals surface area (Å²) in [6.45, 7) is 7.30. The first kappa shape index (κ1) is 20.4. The highest BCUT2D eigenvalue weighted by Gasteiger charge is 2.25. The molecule has 0 N–H and O–H groups in total. The first-order chi connectivity index (χ1) is 12.0. The molecule has 7 heteroatoms. The Kier molecular flexibility index (Phi) is 6.11. The van der Waals surface area contributed by atoms with Crippen LogP contribution in [-0.2, 0) is 10.0 Å². The molecule has 2 aromatic carbocycles. The maximum Gasteiger partial charge on any atom is 0.345 e. The second-order valence-corrected chi connectivity index (χ2v) is 8.82. The van der Waals surface area contributed by atoms with E-state index < -0.39 is 16.0 Å². The lowest BCUT2D eigenvalue weighted by atomic mass is 10.1. The zero-order valence-corrected chi connectivity index (χ0v) is 17.0. The first-order valence-corrected chi connectivity index (χ1v) is 9.93. The molecule has 0 spiro atoms. The predicted molar refractivity (Wildman–Crippen MR) is 102 cm³/mol. The van der Waals surface area contributed by atoms with E-state index in [9.17, 15) is 13.2 Å². The number of rotatable bonds is 5. The Morgan fingerprint density at radius 2 is 1.77 bits per heavy atom. The molecular weight excluding hydrogens is 374 g/mol. The lowest BCUT2D eigenvalue weighted by Gasteiger charge is -2.21. The van der Waals surface area contributed by atoms with Crippen molar-refractivity contribution in [3.8, 4) is 5.75 Å². The summed E-state index contributed by atoms with van der Waals surface area (Å²) < 4.78 is 31.9. The van der Waals surface area contributed by atoms with Gasteiger partial charge in [-0.25, -0.2) is 13.2 Å². The molecule has 2 aromatic rings. The van der Waals surface area contributed by atoms with Crippen molar-refractivity contribution >= 4 is 27.6 Å². The van der Waals surface area contributed by atoms with E-state index in [1.54, 1.807) is 19.9 Å². The second-order valence-electron chi connectivity index (χ2n) is 6.42. The number of hydrogen-bond acceptors (Lipinski definition) is 4. The van der Waals surface area contributed by atoms with Crippen LogP contribution in [0.25, 0.3) is 0 Å². The van der Waals surface area contributed by atoms with Gasteiger partial charge in [-0.3, -0.25) is 0 Å². The van der Waals surface area contributed by atoms with Crippen molar-refractivity contribution < 1.29 is 17.9 Å². The van der Waals surface area contributed by atoms with Gasteiger partial charge in [0.1, 0.15) is 5.75 Å². The van der Waals surface area contributed by atoms with Crippen LogP contribution in [0.4, 0.5) is 0 Å². The highest BCUT2D eigenvalue weighted by atomic mass is 35.5. The van der Waals surface area contributed by atoms with Gasteiger partial charge in [0.2, 0.25) is 10.0 Å². The second kappa shape index (κ2) is 7.78. The number of sulfonamides is 1. The molecule has 0 bridgehead atoms. The van der Waals surface area contributed by atoms with Gasteiger partial charge in [0, 0.05) is 13.1 Å². The molecule has 0 aliphatic rings. The number of halogens is 1. The van der Waals surface area contributed by atoms with Gasteiger partial charge < -0.3 is 4.74 Å². The van der Waals surface area contributed by atoms with Gasteiger partial charge in [-0.1, -0.05) is 29.3 Å².